The molecule has 6 nitrogen and oxygen atoms in total. The number of carboxylic acid groups (broad SMARTS) is 1. The van der Waals surface area contributed by atoms with Crippen LogP contribution in [0.2, 0.25) is 0 Å². The Morgan fingerprint density at radius 1 is 1.30 bits per heavy atom. The molecular formula is C28H35F3N2O4. The number of benzene rings is 1. The number of carbonyl (C=O) groups excluding carboxylic acids is 1. The standard InChI is InChI=1S/C28H35F3N2O4/c1-4-20(7-6-19(3)26(34)35)16-33-17-22(18-37-27(33)36)12-13-32(5-2)15-21-8-11-24(23-9-10-23)25(14-21)28(29,30)31/h4,6-8,11,14,22-23H,1,5,9-10,12-13,15-18H2,2-3H3,(H,34,35)/b19-6+,20-7+. The van der Waals surface area contributed by atoms with Crippen molar-refractivity contribution in [2.24, 2.45) is 5.92 Å². The Hall–Kier alpha value is -3.07. The van der Waals surface area contributed by atoms with Gasteiger partial charge in [0, 0.05) is 31.1 Å². The third-order valence-electron chi connectivity index (χ3n) is 6.85. The molecule has 1 aliphatic heterocycles. The van der Waals surface area contributed by atoms with E-state index in [0.717, 1.165) is 19.3 Å². The highest BCUT2D eigenvalue weighted by Gasteiger charge is 2.38. The molecule has 1 N–H and O–H groups in total. The number of ether oxygens (including phenoxy) is 1. The Kier molecular flexibility index (Phi) is 9.59. The van der Waals surface area contributed by atoms with Crippen LogP contribution in [0.3, 0.4) is 0 Å². The van der Waals surface area contributed by atoms with Crippen molar-refractivity contribution in [3.05, 3.63) is 70.8 Å². The van der Waals surface area contributed by atoms with Crippen LogP contribution in [0.15, 0.2) is 54.2 Å². The van der Waals surface area contributed by atoms with Crippen LogP contribution < -0.4 is 0 Å². The summed E-state index contributed by atoms with van der Waals surface area (Å²) in [5, 5.41) is 9.01. The fourth-order valence-electron chi connectivity index (χ4n) is 4.40. The highest BCUT2D eigenvalue weighted by molar-refractivity contribution is 5.86. The van der Waals surface area contributed by atoms with Crippen molar-refractivity contribution in [1.29, 1.82) is 0 Å². The zero-order chi connectivity index (χ0) is 27.2. The molecule has 1 aliphatic carbocycles. The van der Waals surface area contributed by atoms with Crippen molar-refractivity contribution in [2.45, 2.75) is 51.7 Å². The number of halogens is 3. The molecule has 2 fully saturated rings. The third-order valence-corrected chi connectivity index (χ3v) is 6.85. The minimum absolute atomic E-state index is 0.0265. The predicted molar refractivity (Wildman–Crippen MR) is 135 cm³/mol. The largest absolute Gasteiger partial charge is 0.478 e. The topological polar surface area (TPSA) is 70.1 Å². The second-order valence-corrected chi connectivity index (χ2v) is 9.78. The number of carbonyl (C=O) groups is 2. The highest BCUT2D eigenvalue weighted by atomic mass is 19.4. The quantitative estimate of drug-likeness (QED) is 0.270. The fraction of sp³-hybridized carbons (Fsp3) is 0.500. The van der Waals surface area contributed by atoms with Crippen molar-refractivity contribution in [3.63, 3.8) is 0 Å². The smallest absolute Gasteiger partial charge is 0.416 e. The zero-order valence-corrected chi connectivity index (χ0v) is 21.4. The molecule has 202 valence electrons. The number of hydrogen-bond donors (Lipinski definition) is 1. The molecule has 1 atom stereocenters. The maximum Gasteiger partial charge on any atom is 0.416 e. The van der Waals surface area contributed by atoms with Crippen LogP contribution in [0.4, 0.5) is 18.0 Å². The first kappa shape index (κ1) is 28.5. The number of cyclic esters (lactones) is 1. The summed E-state index contributed by atoms with van der Waals surface area (Å²) in [4.78, 5) is 27.0. The molecule has 0 spiro atoms. The van der Waals surface area contributed by atoms with Crippen molar-refractivity contribution in [3.8, 4) is 0 Å². The molecule has 1 saturated carbocycles. The van der Waals surface area contributed by atoms with Gasteiger partial charge in [0.1, 0.15) is 0 Å². The Labute approximate surface area is 216 Å². The molecule has 9 heteroatoms. The van der Waals surface area contributed by atoms with Crippen molar-refractivity contribution in [2.75, 3.05) is 32.8 Å². The lowest BCUT2D eigenvalue weighted by Gasteiger charge is -2.33. The zero-order valence-electron chi connectivity index (χ0n) is 21.4. The number of amides is 1. The summed E-state index contributed by atoms with van der Waals surface area (Å²) < 4.78 is 46.3. The maximum atomic E-state index is 13.6. The van der Waals surface area contributed by atoms with E-state index in [1.54, 1.807) is 29.2 Å². The van der Waals surface area contributed by atoms with Crippen LogP contribution in [-0.2, 0) is 22.3 Å². The highest BCUT2D eigenvalue weighted by Crippen LogP contribution is 2.46. The summed E-state index contributed by atoms with van der Waals surface area (Å²) in [5.74, 6) is -0.929. The molecule has 1 unspecified atom stereocenters. The lowest BCUT2D eigenvalue weighted by atomic mass is 9.99. The van der Waals surface area contributed by atoms with E-state index in [2.05, 4.69) is 11.5 Å². The predicted octanol–water partition coefficient (Wildman–Crippen LogP) is 6.01. The fourth-order valence-corrected chi connectivity index (χ4v) is 4.40. The average Bonchev–Trinajstić information content (AvgIpc) is 3.70. The Morgan fingerprint density at radius 3 is 2.62 bits per heavy atom. The van der Waals surface area contributed by atoms with E-state index in [1.165, 1.54) is 19.1 Å². The number of allylic oxidation sites excluding steroid dienone is 2. The summed E-state index contributed by atoms with van der Waals surface area (Å²) in [6.07, 6.45) is 2.21. The maximum absolute atomic E-state index is 13.6. The van der Waals surface area contributed by atoms with Gasteiger partial charge in [-0.2, -0.15) is 13.2 Å². The third kappa shape index (κ3) is 8.21. The molecule has 1 aromatic rings. The summed E-state index contributed by atoms with van der Waals surface area (Å²) in [6.45, 7) is 9.95. The van der Waals surface area contributed by atoms with Gasteiger partial charge in [-0.3, -0.25) is 4.90 Å². The van der Waals surface area contributed by atoms with Gasteiger partial charge >= 0.3 is 18.2 Å². The number of nitrogens with zero attached hydrogens (tertiary/aromatic N) is 2. The van der Waals surface area contributed by atoms with Crippen molar-refractivity contribution < 1.29 is 32.6 Å². The molecule has 3 rings (SSSR count). The summed E-state index contributed by atoms with van der Waals surface area (Å²) in [7, 11) is 0. The summed E-state index contributed by atoms with van der Waals surface area (Å²) in [5.41, 5.74) is 1.38. The minimum atomic E-state index is -4.36. The minimum Gasteiger partial charge on any atom is -0.478 e. The number of hydrogen-bond acceptors (Lipinski definition) is 4. The molecule has 1 saturated heterocycles. The summed E-state index contributed by atoms with van der Waals surface area (Å²) >= 11 is 0. The molecule has 37 heavy (non-hydrogen) atoms. The normalized spacial score (nSPS) is 19.2. The van der Waals surface area contributed by atoms with Gasteiger partial charge in [-0.1, -0.05) is 43.9 Å². The first-order chi connectivity index (χ1) is 17.5. The van der Waals surface area contributed by atoms with E-state index in [9.17, 15) is 22.8 Å². The Balaban J connectivity index is 1.59. The number of rotatable bonds is 12. The Morgan fingerprint density at radius 2 is 2.03 bits per heavy atom. The Bertz CT molecular complexity index is 1060. The van der Waals surface area contributed by atoms with Crippen LogP contribution in [0.5, 0.6) is 0 Å². The molecule has 1 heterocycles. The van der Waals surface area contributed by atoms with E-state index in [0.29, 0.717) is 42.9 Å². The van der Waals surface area contributed by atoms with Gasteiger partial charge < -0.3 is 14.7 Å². The SMILES string of the molecule is C=C/C(=C\C=C(/C)C(=O)O)CN1CC(CCN(CC)Cc2ccc(C3CC3)c(C(F)(F)F)c2)COC1=O. The van der Waals surface area contributed by atoms with E-state index in [-0.39, 0.29) is 30.6 Å². The lowest BCUT2D eigenvalue weighted by molar-refractivity contribution is -0.138. The number of alkyl halides is 3. The van der Waals surface area contributed by atoms with E-state index >= 15 is 0 Å². The van der Waals surface area contributed by atoms with Crippen LogP contribution in [0.25, 0.3) is 0 Å². The first-order valence-corrected chi connectivity index (χ1v) is 12.6. The second-order valence-electron chi connectivity index (χ2n) is 9.78. The molecular weight excluding hydrogens is 485 g/mol. The van der Waals surface area contributed by atoms with Crippen molar-refractivity contribution >= 4 is 12.1 Å². The number of aliphatic carboxylic acids is 1. The number of carboxylic acids is 1. The monoisotopic (exact) mass is 520 g/mol. The van der Waals surface area contributed by atoms with Gasteiger partial charge in [0.2, 0.25) is 0 Å². The molecule has 0 bridgehead atoms. The molecule has 1 amide bonds. The summed E-state index contributed by atoms with van der Waals surface area (Å²) in [6, 6.07) is 4.74. The van der Waals surface area contributed by atoms with Crippen molar-refractivity contribution in [1.82, 2.24) is 9.80 Å². The molecule has 1 aromatic carbocycles. The van der Waals surface area contributed by atoms with Crippen LogP contribution in [0.1, 0.15) is 55.7 Å². The van der Waals surface area contributed by atoms with Gasteiger partial charge in [0.05, 0.1) is 12.2 Å². The molecule has 0 radical (unpaired) electrons. The van der Waals surface area contributed by atoms with Gasteiger partial charge in [-0.25, -0.2) is 9.59 Å². The van der Waals surface area contributed by atoms with Gasteiger partial charge in [-0.15, -0.1) is 0 Å². The molecule has 0 aromatic heterocycles. The van der Waals surface area contributed by atoms with E-state index < -0.39 is 23.8 Å². The lowest BCUT2D eigenvalue weighted by Crippen LogP contribution is -2.44. The van der Waals surface area contributed by atoms with E-state index in [4.69, 9.17) is 9.84 Å². The second kappa shape index (κ2) is 12.4. The molecule has 2 aliphatic rings. The first-order valence-electron chi connectivity index (χ1n) is 12.6. The van der Waals surface area contributed by atoms with Gasteiger partial charge in [0.25, 0.3) is 0 Å². The van der Waals surface area contributed by atoms with Gasteiger partial charge in [0.15, 0.2) is 0 Å². The van der Waals surface area contributed by atoms with Crippen LogP contribution in [0, 0.1) is 5.92 Å². The van der Waals surface area contributed by atoms with Crippen LogP contribution in [-0.4, -0.2) is 59.8 Å². The van der Waals surface area contributed by atoms with Gasteiger partial charge in [-0.05, 0) is 68.0 Å². The van der Waals surface area contributed by atoms with E-state index in [1.807, 2.05) is 6.92 Å². The average molecular weight is 521 g/mol. The van der Waals surface area contributed by atoms with Crippen LogP contribution >= 0.6 is 0 Å².